The van der Waals surface area contributed by atoms with Gasteiger partial charge >= 0.3 is 0 Å². The van der Waals surface area contributed by atoms with Gasteiger partial charge in [0.2, 0.25) is 0 Å². The highest BCUT2D eigenvalue weighted by atomic mass is 16.1. The summed E-state index contributed by atoms with van der Waals surface area (Å²) in [6.07, 6.45) is 5.00. The maximum absolute atomic E-state index is 11.3. The van der Waals surface area contributed by atoms with Crippen LogP contribution in [0.5, 0.6) is 0 Å². The lowest BCUT2D eigenvalue weighted by molar-refractivity contribution is -0.141. The summed E-state index contributed by atoms with van der Waals surface area (Å²) in [5.41, 5.74) is 0. The van der Waals surface area contributed by atoms with E-state index < -0.39 is 0 Å². The molecule has 0 spiro atoms. The second kappa shape index (κ2) is 10.9. The number of hydrogen-bond donors (Lipinski definition) is 0. The van der Waals surface area contributed by atoms with Gasteiger partial charge in [0.05, 0.1) is 12.1 Å². The van der Waals surface area contributed by atoms with Crippen LogP contribution in [-0.2, 0) is 4.79 Å². The number of rotatable bonds is 4. The van der Waals surface area contributed by atoms with Gasteiger partial charge in [0.25, 0.3) is 0 Å². The van der Waals surface area contributed by atoms with Crippen molar-refractivity contribution in [2.75, 3.05) is 7.05 Å². The van der Waals surface area contributed by atoms with E-state index in [0.29, 0.717) is 5.78 Å². The van der Waals surface area contributed by atoms with Gasteiger partial charge in [-0.25, -0.2) is 0 Å². The first-order valence-corrected chi connectivity index (χ1v) is 6.55. The Morgan fingerprint density at radius 2 is 1.81 bits per heavy atom. The zero-order chi connectivity index (χ0) is 13.1. The molecule has 0 bridgehead atoms. The van der Waals surface area contributed by atoms with Crippen LogP contribution < -0.4 is 0 Å². The first-order chi connectivity index (χ1) is 7.68. The number of unbranched alkanes of at least 4 members (excludes halogenated alkanes) is 1. The van der Waals surface area contributed by atoms with Gasteiger partial charge < -0.3 is 0 Å². The van der Waals surface area contributed by atoms with E-state index in [4.69, 9.17) is 0 Å². The van der Waals surface area contributed by atoms with E-state index in [1.165, 1.54) is 0 Å². The van der Waals surface area contributed by atoms with Crippen molar-refractivity contribution in [2.45, 2.75) is 66.0 Å². The fourth-order valence-corrected chi connectivity index (χ4v) is 1.67. The minimum Gasteiger partial charge on any atom is -0.296 e. The normalized spacial score (nSPS) is 23.2. The molecular formula is C14H29NO. The second-order valence-corrected chi connectivity index (χ2v) is 3.48. The van der Waals surface area contributed by atoms with Crippen molar-refractivity contribution in [1.29, 1.82) is 0 Å². The van der Waals surface area contributed by atoms with Gasteiger partial charge in [-0.15, -0.1) is 6.58 Å². The lowest BCUT2D eigenvalue weighted by atomic mass is 9.89. The third-order valence-corrected chi connectivity index (χ3v) is 2.73. The molecule has 1 rings (SSSR count). The summed E-state index contributed by atoms with van der Waals surface area (Å²) in [7, 11) is 2.02. The number of nitrogens with zero attached hydrogens (tertiary/aromatic N) is 1. The van der Waals surface area contributed by atoms with Crippen molar-refractivity contribution < 1.29 is 4.79 Å². The predicted molar refractivity (Wildman–Crippen MR) is 72.8 cm³/mol. The summed E-state index contributed by atoms with van der Waals surface area (Å²) in [6, 6.07) is 0.346. The Morgan fingerprint density at radius 1 is 1.31 bits per heavy atom. The van der Waals surface area contributed by atoms with Crippen LogP contribution >= 0.6 is 0 Å². The van der Waals surface area contributed by atoms with Gasteiger partial charge in [-0.05, 0) is 33.2 Å². The molecule has 2 atom stereocenters. The molecule has 0 amide bonds. The molecule has 1 saturated heterocycles. The molecule has 0 aromatic carbocycles. The Bertz CT molecular complexity index is 189. The molecule has 1 aliphatic rings. The molecule has 0 aromatic rings. The molecule has 2 heteroatoms. The third-order valence-electron chi connectivity index (χ3n) is 2.73. The van der Waals surface area contributed by atoms with Gasteiger partial charge in [-0.1, -0.05) is 33.8 Å². The number of hydrogen-bond acceptors (Lipinski definition) is 2. The van der Waals surface area contributed by atoms with E-state index in [0.717, 1.165) is 19.3 Å². The van der Waals surface area contributed by atoms with Crippen LogP contribution in [0.15, 0.2) is 12.7 Å². The molecular weight excluding hydrogens is 198 g/mol. The minimum atomic E-state index is 0.152. The Kier molecular flexibility index (Phi) is 12.1. The van der Waals surface area contributed by atoms with Gasteiger partial charge in [-0.2, -0.15) is 0 Å². The summed E-state index contributed by atoms with van der Waals surface area (Å²) in [5, 5.41) is 0. The van der Waals surface area contributed by atoms with Crippen molar-refractivity contribution in [3.63, 3.8) is 0 Å². The van der Waals surface area contributed by atoms with Gasteiger partial charge in [0, 0.05) is 0 Å². The van der Waals surface area contributed by atoms with Crippen molar-refractivity contribution in [1.82, 2.24) is 4.90 Å². The molecule has 0 aromatic heterocycles. The average Bonchev–Trinajstić information content (AvgIpc) is 2.38. The number of carbonyl (C=O) groups excluding carboxylic acids is 1. The molecule has 0 aliphatic carbocycles. The topological polar surface area (TPSA) is 20.3 Å². The number of ketones is 1. The number of carbonyl (C=O) groups is 1. The summed E-state index contributed by atoms with van der Waals surface area (Å²) in [4.78, 5) is 13.4. The smallest absolute Gasteiger partial charge is 0.166 e. The molecule has 1 heterocycles. The lowest BCUT2D eigenvalue weighted by Crippen LogP contribution is -2.61. The van der Waals surface area contributed by atoms with Crippen LogP contribution in [0.1, 0.15) is 53.9 Å². The minimum absolute atomic E-state index is 0.152. The zero-order valence-electron chi connectivity index (χ0n) is 11.9. The molecule has 16 heavy (non-hydrogen) atoms. The number of likely N-dealkylation sites (tertiary alicyclic amines) is 1. The van der Waals surface area contributed by atoms with E-state index in [1.807, 2.05) is 47.7 Å². The summed E-state index contributed by atoms with van der Waals surface area (Å²) < 4.78 is 0. The summed E-state index contributed by atoms with van der Waals surface area (Å²) in [6.45, 7) is 13.6. The van der Waals surface area contributed by atoms with E-state index in [2.05, 4.69) is 11.5 Å². The molecule has 1 aliphatic heterocycles. The predicted octanol–water partition coefficient (Wildman–Crippen LogP) is 3.67. The third kappa shape index (κ3) is 4.93. The molecule has 2 nitrogen and oxygen atoms in total. The first-order valence-electron chi connectivity index (χ1n) is 6.55. The van der Waals surface area contributed by atoms with Crippen LogP contribution in [0.25, 0.3) is 0 Å². The molecule has 2 unspecified atom stereocenters. The highest BCUT2D eigenvalue weighted by Crippen LogP contribution is 2.23. The number of allylic oxidation sites excluding steroid dienone is 1. The van der Waals surface area contributed by atoms with Crippen molar-refractivity contribution in [3.05, 3.63) is 12.7 Å². The van der Waals surface area contributed by atoms with Crippen LogP contribution in [0.2, 0.25) is 0 Å². The van der Waals surface area contributed by atoms with Crippen molar-refractivity contribution in [2.24, 2.45) is 0 Å². The van der Waals surface area contributed by atoms with Crippen LogP contribution in [0.4, 0.5) is 0 Å². The molecule has 0 radical (unpaired) electrons. The van der Waals surface area contributed by atoms with Crippen molar-refractivity contribution in [3.8, 4) is 0 Å². The average molecular weight is 227 g/mol. The van der Waals surface area contributed by atoms with Crippen LogP contribution in [0, 0.1) is 0 Å². The van der Waals surface area contributed by atoms with E-state index in [9.17, 15) is 4.79 Å². The molecule has 0 saturated carbocycles. The monoisotopic (exact) mass is 227 g/mol. The first kappa shape index (κ1) is 17.8. The second-order valence-electron chi connectivity index (χ2n) is 3.48. The van der Waals surface area contributed by atoms with Gasteiger partial charge in [0.1, 0.15) is 0 Å². The Balaban J connectivity index is 0. The largest absolute Gasteiger partial charge is 0.296 e. The fourth-order valence-electron chi connectivity index (χ4n) is 1.67. The zero-order valence-corrected chi connectivity index (χ0v) is 11.9. The highest BCUT2D eigenvalue weighted by molar-refractivity contribution is 5.94. The van der Waals surface area contributed by atoms with Crippen LogP contribution in [-0.4, -0.2) is 29.8 Å². The van der Waals surface area contributed by atoms with E-state index in [-0.39, 0.29) is 12.1 Å². The number of likely N-dealkylation sites (N-methyl/N-ethyl adjacent to an activating group) is 1. The maximum Gasteiger partial charge on any atom is 0.166 e. The maximum atomic E-state index is 11.3. The molecule has 96 valence electrons. The summed E-state index contributed by atoms with van der Waals surface area (Å²) >= 11 is 0. The van der Waals surface area contributed by atoms with Gasteiger partial charge in [0.15, 0.2) is 5.78 Å². The fraction of sp³-hybridized carbons (Fsp3) is 0.786. The molecule has 1 fully saturated rings. The highest BCUT2D eigenvalue weighted by Gasteiger charge is 2.40. The Hall–Kier alpha value is -0.630. The Morgan fingerprint density at radius 3 is 2.19 bits per heavy atom. The Labute approximate surface area is 102 Å². The van der Waals surface area contributed by atoms with E-state index >= 15 is 0 Å². The quantitative estimate of drug-likeness (QED) is 0.539. The number of Topliss-reactive ketones (excluding diaryl/α,β-unsaturated/α-hetero) is 1. The van der Waals surface area contributed by atoms with Crippen molar-refractivity contribution >= 4 is 5.78 Å². The lowest BCUT2D eigenvalue weighted by Gasteiger charge is -2.42. The molecule has 0 N–H and O–H groups in total. The standard InChI is InChI=1S/C10H17NO.2C2H6/c1-4-5-6-7-9-10(12)8(2)11(9)3;2*1-2/h4,8-9H,1,5-7H2,2-3H3;2*1-2H3. The SMILES string of the molecule is C=CCCCC1C(=O)C(C)N1C.CC.CC. The van der Waals surface area contributed by atoms with E-state index in [1.54, 1.807) is 0 Å². The van der Waals surface area contributed by atoms with Crippen LogP contribution in [0.3, 0.4) is 0 Å². The van der Waals surface area contributed by atoms with Gasteiger partial charge in [-0.3, -0.25) is 9.69 Å². The summed E-state index contributed by atoms with van der Waals surface area (Å²) in [5.74, 6) is 0.404.